The summed E-state index contributed by atoms with van der Waals surface area (Å²) in [4.78, 5) is 21.5. The molecule has 2 aliphatic heterocycles. The quantitative estimate of drug-likeness (QED) is 0.922. The van der Waals surface area contributed by atoms with Crippen molar-refractivity contribution in [1.29, 1.82) is 0 Å². The first-order chi connectivity index (χ1) is 10.3. The second-order valence-electron chi connectivity index (χ2n) is 5.90. The lowest BCUT2D eigenvalue weighted by atomic mass is 10.2. The van der Waals surface area contributed by atoms with E-state index in [1.807, 2.05) is 24.0 Å². The molecular weight excluding hydrogens is 264 g/mol. The predicted octanol–water partition coefficient (Wildman–Crippen LogP) is 1.82. The minimum atomic E-state index is 0.124. The molecule has 1 N–H and O–H groups in total. The normalized spacial score (nSPS) is 22.7. The third kappa shape index (κ3) is 3.18. The molecule has 0 spiro atoms. The van der Waals surface area contributed by atoms with Gasteiger partial charge >= 0.3 is 0 Å². The van der Waals surface area contributed by atoms with E-state index in [1.165, 1.54) is 19.4 Å². The van der Waals surface area contributed by atoms with Crippen LogP contribution in [0.1, 0.15) is 36.5 Å². The van der Waals surface area contributed by atoms with E-state index in [4.69, 9.17) is 0 Å². The fourth-order valence-corrected chi connectivity index (χ4v) is 3.38. The summed E-state index contributed by atoms with van der Waals surface area (Å²) >= 11 is 0. The molecule has 3 heterocycles. The number of anilines is 1. The SMILES string of the molecule is CCNc1ccc(C(=O)N2CCCN3CCCC3C2)cn1. The summed E-state index contributed by atoms with van der Waals surface area (Å²) in [7, 11) is 0. The minimum absolute atomic E-state index is 0.124. The van der Waals surface area contributed by atoms with E-state index in [0.29, 0.717) is 11.6 Å². The van der Waals surface area contributed by atoms with E-state index in [0.717, 1.165) is 38.4 Å². The van der Waals surface area contributed by atoms with Crippen molar-refractivity contribution in [3.05, 3.63) is 23.9 Å². The van der Waals surface area contributed by atoms with Crippen LogP contribution >= 0.6 is 0 Å². The van der Waals surface area contributed by atoms with Crippen LogP contribution in [0.2, 0.25) is 0 Å². The fourth-order valence-electron chi connectivity index (χ4n) is 3.38. The first-order valence-electron chi connectivity index (χ1n) is 8.01. The molecule has 2 aliphatic rings. The summed E-state index contributed by atoms with van der Waals surface area (Å²) in [5.74, 6) is 0.950. The van der Waals surface area contributed by atoms with E-state index in [2.05, 4.69) is 15.2 Å². The molecule has 0 radical (unpaired) electrons. The van der Waals surface area contributed by atoms with Gasteiger partial charge in [0.25, 0.3) is 5.91 Å². The standard InChI is InChI=1S/C16H24N4O/c1-2-17-15-7-6-13(11-18-15)16(21)20-10-4-9-19-8-3-5-14(19)12-20/h6-7,11,14H,2-5,8-10,12H2,1H3,(H,17,18). The molecule has 0 aromatic carbocycles. The molecule has 5 heteroatoms. The number of aromatic nitrogens is 1. The number of nitrogens with one attached hydrogen (secondary N) is 1. The summed E-state index contributed by atoms with van der Waals surface area (Å²) in [6.45, 7) is 6.93. The zero-order valence-electron chi connectivity index (χ0n) is 12.7. The molecule has 114 valence electrons. The van der Waals surface area contributed by atoms with Gasteiger partial charge in [0.1, 0.15) is 5.82 Å². The molecule has 1 atom stereocenters. The van der Waals surface area contributed by atoms with Gasteiger partial charge in [0, 0.05) is 38.4 Å². The lowest BCUT2D eigenvalue weighted by molar-refractivity contribution is 0.0743. The smallest absolute Gasteiger partial charge is 0.255 e. The van der Waals surface area contributed by atoms with Crippen LogP contribution in [0.15, 0.2) is 18.3 Å². The molecule has 5 nitrogen and oxygen atoms in total. The van der Waals surface area contributed by atoms with Crippen molar-refractivity contribution < 1.29 is 4.79 Å². The zero-order chi connectivity index (χ0) is 14.7. The molecule has 0 aliphatic carbocycles. The molecule has 1 amide bonds. The van der Waals surface area contributed by atoms with Crippen LogP contribution in [0.5, 0.6) is 0 Å². The third-order valence-electron chi connectivity index (χ3n) is 4.46. The molecule has 1 unspecified atom stereocenters. The van der Waals surface area contributed by atoms with E-state index < -0.39 is 0 Å². The number of carbonyl (C=O) groups is 1. The first kappa shape index (κ1) is 14.3. The maximum atomic E-state index is 12.7. The van der Waals surface area contributed by atoms with E-state index in [1.54, 1.807) is 6.20 Å². The zero-order valence-corrected chi connectivity index (χ0v) is 12.7. The van der Waals surface area contributed by atoms with Gasteiger partial charge in [-0.3, -0.25) is 9.69 Å². The average molecular weight is 288 g/mol. The van der Waals surface area contributed by atoms with Crippen LogP contribution in [0.25, 0.3) is 0 Å². The Balaban J connectivity index is 1.68. The van der Waals surface area contributed by atoms with Crippen molar-refractivity contribution in [2.75, 3.05) is 38.0 Å². The molecule has 2 fully saturated rings. The predicted molar refractivity (Wildman–Crippen MR) is 83.5 cm³/mol. The molecule has 0 saturated carbocycles. The molecule has 1 aromatic rings. The number of rotatable bonds is 3. The summed E-state index contributed by atoms with van der Waals surface area (Å²) in [5, 5.41) is 3.15. The molecule has 3 rings (SSSR count). The van der Waals surface area contributed by atoms with Crippen LogP contribution in [0.4, 0.5) is 5.82 Å². The van der Waals surface area contributed by atoms with Crippen LogP contribution in [-0.4, -0.2) is 59.5 Å². The number of nitrogens with zero attached hydrogens (tertiary/aromatic N) is 3. The third-order valence-corrected chi connectivity index (χ3v) is 4.46. The number of hydrogen-bond donors (Lipinski definition) is 1. The van der Waals surface area contributed by atoms with Crippen molar-refractivity contribution in [3.63, 3.8) is 0 Å². The van der Waals surface area contributed by atoms with Gasteiger partial charge in [-0.2, -0.15) is 0 Å². The van der Waals surface area contributed by atoms with Gasteiger partial charge < -0.3 is 10.2 Å². The van der Waals surface area contributed by atoms with Crippen molar-refractivity contribution in [1.82, 2.24) is 14.8 Å². The van der Waals surface area contributed by atoms with Gasteiger partial charge in [-0.1, -0.05) is 0 Å². The first-order valence-corrected chi connectivity index (χ1v) is 8.01. The molecule has 2 saturated heterocycles. The lowest BCUT2D eigenvalue weighted by Gasteiger charge is -2.25. The number of amides is 1. The summed E-state index contributed by atoms with van der Waals surface area (Å²) < 4.78 is 0. The Hall–Kier alpha value is -1.62. The van der Waals surface area contributed by atoms with Crippen LogP contribution in [0.3, 0.4) is 0 Å². The number of carbonyl (C=O) groups excluding carboxylic acids is 1. The fraction of sp³-hybridized carbons (Fsp3) is 0.625. The Labute approximate surface area is 126 Å². The van der Waals surface area contributed by atoms with Gasteiger partial charge in [-0.05, 0) is 44.9 Å². The highest BCUT2D eigenvalue weighted by atomic mass is 16.2. The Kier molecular flexibility index (Phi) is 4.39. The Morgan fingerprint density at radius 3 is 2.95 bits per heavy atom. The van der Waals surface area contributed by atoms with E-state index in [9.17, 15) is 4.79 Å². The summed E-state index contributed by atoms with van der Waals surface area (Å²) in [6.07, 6.45) is 5.26. The maximum absolute atomic E-state index is 12.7. The molecule has 1 aromatic heterocycles. The van der Waals surface area contributed by atoms with Crippen molar-refractivity contribution in [3.8, 4) is 0 Å². The van der Waals surface area contributed by atoms with Gasteiger partial charge in [-0.25, -0.2) is 4.98 Å². The summed E-state index contributed by atoms with van der Waals surface area (Å²) in [5.41, 5.74) is 0.697. The molecule has 21 heavy (non-hydrogen) atoms. The molecule has 0 bridgehead atoms. The highest BCUT2D eigenvalue weighted by molar-refractivity contribution is 5.94. The second kappa shape index (κ2) is 6.43. The summed E-state index contributed by atoms with van der Waals surface area (Å²) in [6, 6.07) is 4.33. The minimum Gasteiger partial charge on any atom is -0.370 e. The highest BCUT2D eigenvalue weighted by Gasteiger charge is 2.30. The van der Waals surface area contributed by atoms with E-state index >= 15 is 0 Å². The number of pyridine rings is 1. The monoisotopic (exact) mass is 288 g/mol. The van der Waals surface area contributed by atoms with Crippen molar-refractivity contribution in [2.24, 2.45) is 0 Å². The largest absolute Gasteiger partial charge is 0.370 e. The average Bonchev–Trinajstić information content (AvgIpc) is 2.85. The topological polar surface area (TPSA) is 48.5 Å². The van der Waals surface area contributed by atoms with Gasteiger partial charge in [-0.15, -0.1) is 0 Å². The van der Waals surface area contributed by atoms with Crippen LogP contribution < -0.4 is 5.32 Å². The second-order valence-corrected chi connectivity index (χ2v) is 5.90. The number of hydrogen-bond acceptors (Lipinski definition) is 4. The Morgan fingerprint density at radius 1 is 1.33 bits per heavy atom. The molecular formula is C16H24N4O. The van der Waals surface area contributed by atoms with Gasteiger partial charge in [0.05, 0.1) is 5.56 Å². The maximum Gasteiger partial charge on any atom is 0.255 e. The van der Waals surface area contributed by atoms with Crippen molar-refractivity contribution in [2.45, 2.75) is 32.2 Å². The lowest BCUT2D eigenvalue weighted by Crippen LogP contribution is -2.39. The van der Waals surface area contributed by atoms with Crippen LogP contribution in [0, 0.1) is 0 Å². The van der Waals surface area contributed by atoms with E-state index in [-0.39, 0.29) is 5.91 Å². The Bertz CT molecular complexity index is 488. The van der Waals surface area contributed by atoms with Crippen LogP contribution in [-0.2, 0) is 0 Å². The van der Waals surface area contributed by atoms with Gasteiger partial charge in [0.15, 0.2) is 0 Å². The Morgan fingerprint density at radius 2 is 2.19 bits per heavy atom. The highest BCUT2D eigenvalue weighted by Crippen LogP contribution is 2.22. The van der Waals surface area contributed by atoms with Gasteiger partial charge in [0.2, 0.25) is 0 Å². The van der Waals surface area contributed by atoms with Crippen molar-refractivity contribution >= 4 is 11.7 Å². The number of fused-ring (bicyclic) bond motifs is 1.